The normalized spacial score (nSPS) is 13.7. The monoisotopic (exact) mass is 299 g/mol. The third-order valence-corrected chi connectivity index (χ3v) is 3.39. The van der Waals surface area contributed by atoms with E-state index in [-0.39, 0.29) is 5.60 Å². The van der Waals surface area contributed by atoms with E-state index in [0.717, 1.165) is 17.4 Å². The zero-order valence-corrected chi connectivity index (χ0v) is 12.7. The van der Waals surface area contributed by atoms with E-state index >= 15 is 0 Å². The highest BCUT2D eigenvalue weighted by molar-refractivity contribution is 9.10. The van der Waals surface area contributed by atoms with Crippen molar-refractivity contribution in [3.05, 3.63) is 34.3 Å². The lowest BCUT2D eigenvalue weighted by Crippen LogP contribution is -2.35. The Hall–Kier alpha value is -0.380. The first-order chi connectivity index (χ1) is 7.93. The van der Waals surface area contributed by atoms with Gasteiger partial charge in [0.1, 0.15) is 0 Å². The van der Waals surface area contributed by atoms with Crippen LogP contribution in [0.25, 0.3) is 0 Å². The molecule has 0 radical (unpaired) electrons. The lowest BCUT2D eigenvalue weighted by Gasteiger charge is -2.27. The second-order valence-electron chi connectivity index (χ2n) is 5.08. The van der Waals surface area contributed by atoms with E-state index in [1.807, 2.05) is 6.07 Å². The molecular formula is C14H22BrNO. The molecule has 0 heterocycles. The summed E-state index contributed by atoms with van der Waals surface area (Å²) in [6, 6.07) is 8.81. The van der Waals surface area contributed by atoms with Gasteiger partial charge in [-0.2, -0.15) is 0 Å². The molecule has 0 aromatic heterocycles. The van der Waals surface area contributed by atoms with Gasteiger partial charge in [-0.1, -0.05) is 28.1 Å². The molecule has 96 valence electrons. The van der Waals surface area contributed by atoms with Gasteiger partial charge in [-0.3, -0.25) is 0 Å². The van der Waals surface area contributed by atoms with Crippen LogP contribution in [-0.4, -0.2) is 18.8 Å². The Labute approximate surface area is 113 Å². The second-order valence-corrected chi connectivity index (χ2v) is 6.00. The SMILES string of the molecule is COC(C)(C)CC(C)NCc1cccc(Br)c1. The molecule has 0 aliphatic carbocycles. The van der Waals surface area contributed by atoms with Crippen LogP contribution in [0.15, 0.2) is 28.7 Å². The van der Waals surface area contributed by atoms with E-state index in [4.69, 9.17) is 4.74 Å². The minimum Gasteiger partial charge on any atom is -0.379 e. The zero-order chi connectivity index (χ0) is 12.9. The lowest BCUT2D eigenvalue weighted by atomic mass is 10.00. The molecule has 0 saturated carbocycles. The maximum atomic E-state index is 5.43. The third kappa shape index (κ3) is 5.66. The molecule has 0 fully saturated rings. The Morgan fingerprint density at radius 1 is 1.41 bits per heavy atom. The van der Waals surface area contributed by atoms with Gasteiger partial charge in [-0.25, -0.2) is 0 Å². The van der Waals surface area contributed by atoms with Crippen LogP contribution in [0.5, 0.6) is 0 Å². The molecule has 2 nitrogen and oxygen atoms in total. The van der Waals surface area contributed by atoms with Gasteiger partial charge < -0.3 is 10.1 Å². The Kier molecular flexibility index (Phi) is 5.63. The Bertz CT molecular complexity index is 352. The molecule has 1 aromatic carbocycles. The van der Waals surface area contributed by atoms with Crippen LogP contribution < -0.4 is 5.32 Å². The van der Waals surface area contributed by atoms with E-state index in [1.54, 1.807) is 7.11 Å². The standard InChI is InChI=1S/C14H22BrNO/c1-11(9-14(2,3)17-4)16-10-12-6-5-7-13(15)8-12/h5-8,11,16H,9-10H2,1-4H3. The molecule has 0 spiro atoms. The summed E-state index contributed by atoms with van der Waals surface area (Å²) in [7, 11) is 1.76. The van der Waals surface area contributed by atoms with Gasteiger partial charge in [-0.05, 0) is 44.9 Å². The lowest BCUT2D eigenvalue weighted by molar-refractivity contribution is 0.00844. The van der Waals surface area contributed by atoms with Crippen LogP contribution in [0.4, 0.5) is 0 Å². The van der Waals surface area contributed by atoms with Crippen molar-refractivity contribution >= 4 is 15.9 Å². The number of nitrogens with one attached hydrogen (secondary N) is 1. The number of methoxy groups -OCH3 is 1. The van der Waals surface area contributed by atoms with E-state index in [2.05, 4.69) is 60.2 Å². The highest BCUT2D eigenvalue weighted by atomic mass is 79.9. The van der Waals surface area contributed by atoms with Crippen molar-refractivity contribution in [3.8, 4) is 0 Å². The van der Waals surface area contributed by atoms with Crippen molar-refractivity contribution in [3.63, 3.8) is 0 Å². The van der Waals surface area contributed by atoms with Crippen molar-refractivity contribution in [2.75, 3.05) is 7.11 Å². The van der Waals surface area contributed by atoms with E-state index in [1.165, 1.54) is 5.56 Å². The van der Waals surface area contributed by atoms with Crippen LogP contribution in [0.3, 0.4) is 0 Å². The molecular weight excluding hydrogens is 278 g/mol. The molecule has 0 saturated heterocycles. The summed E-state index contributed by atoms with van der Waals surface area (Å²) >= 11 is 3.48. The predicted octanol–water partition coefficient (Wildman–Crippen LogP) is 3.74. The quantitative estimate of drug-likeness (QED) is 0.864. The molecule has 0 amide bonds. The largest absolute Gasteiger partial charge is 0.379 e. The average molecular weight is 300 g/mol. The molecule has 1 N–H and O–H groups in total. The van der Waals surface area contributed by atoms with Crippen LogP contribution in [0.1, 0.15) is 32.8 Å². The first-order valence-corrected chi connectivity index (χ1v) is 6.75. The first-order valence-electron chi connectivity index (χ1n) is 5.96. The number of hydrogen-bond acceptors (Lipinski definition) is 2. The average Bonchev–Trinajstić information content (AvgIpc) is 2.26. The van der Waals surface area contributed by atoms with Gasteiger partial charge in [-0.15, -0.1) is 0 Å². The molecule has 1 atom stereocenters. The maximum Gasteiger partial charge on any atom is 0.0637 e. The summed E-state index contributed by atoms with van der Waals surface area (Å²) in [5.41, 5.74) is 1.23. The number of ether oxygens (including phenoxy) is 1. The number of hydrogen-bond donors (Lipinski definition) is 1. The summed E-state index contributed by atoms with van der Waals surface area (Å²) in [5.74, 6) is 0. The molecule has 17 heavy (non-hydrogen) atoms. The van der Waals surface area contributed by atoms with Crippen LogP contribution in [0, 0.1) is 0 Å². The van der Waals surface area contributed by atoms with Gasteiger partial charge in [0.05, 0.1) is 5.60 Å². The van der Waals surface area contributed by atoms with Gasteiger partial charge in [0.2, 0.25) is 0 Å². The maximum absolute atomic E-state index is 5.43. The van der Waals surface area contributed by atoms with Gasteiger partial charge in [0, 0.05) is 24.2 Å². The molecule has 0 aliphatic rings. The Balaban J connectivity index is 2.40. The van der Waals surface area contributed by atoms with Crippen molar-refractivity contribution in [2.24, 2.45) is 0 Å². The fraction of sp³-hybridized carbons (Fsp3) is 0.571. The van der Waals surface area contributed by atoms with Gasteiger partial charge >= 0.3 is 0 Å². The fourth-order valence-electron chi connectivity index (χ4n) is 1.83. The van der Waals surface area contributed by atoms with Gasteiger partial charge in [0.25, 0.3) is 0 Å². The van der Waals surface area contributed by atoms with Crippen molar-refractivity contribution < 1.29 is 4.74 Å². The Morgan fingerprint density at radius 2 is 2.12 bits per heavy atom. The summed E-state index contributed by atoms with van der Waals surface area (Å²) < 4.78 is 6.56. The van der Waals surface area contributed by atoms with Crippen LogP contribution >= 0.6 is 15.9 Å². The summed E-state index contributed by atoms with van der Waals surface area (Å²) in [6.45, 7) is 7.31. The number of benzene rings is 1. The molecule has 0 aliphatic heterocycles. The van der Waals surface area contributed by atoms with Crippen molar-refractivity contribution in [1.82, 2.24) is 5.32 Å². The van der Waals surface area contributed by atoms with Crippen molar-refractivity contribution in [2.45, 2.75) is 45.4 Å². The summed E-state index contributed by atoms with van der Waals surface area (Å²) in [6.07, 6.45) is 0.998. The van der Waals surface area contributed by atoms with Crippen LogP contribution in [0.2, 0.25) is 0 Å². The molecule has 1 rings (SSSR count). The summed E-state index contributed by atoms with van der Waals surface area (Å²) in [5, 5.41) is 3.52. The fourth-order valence-corrected chi connectivity index (χ4v) is 2.28. The molecule has 1 unspecified atom stereocenters. The minimum absolute atomic E-state index is 0.0658. The Morgan fingerprint density at radius 3 is 2.71 bits per heavy atom. The first kappa shape index (κ1) is 14.7. The topological polar surface area (TPSA) is 21.3 Å². The van der Waals surface area contributed by atoms with Crippen LogP contribution in [-0.2, 0) is 11.3 Å². The number of rotatable bonds is 6. The van der Waals surface area contributed by atoms with Gasteiger partial charge in [0.15, 0.2) is 0 Å². The molecule has 3 heteroatoms. The van der Waals surface area contributed by atoms with E-state index in [9.17, 15) is 0 Å². The van der Waals surface area contributed by atoms with E-state index < -0.39 is 0 Å². The highest BCUT2D eigenvalue weighted by Gasteiger charge is 2.19. The van der Waals surface area contributed by atoms with Crippen molar-refractivity contribution in [1.29, 1.82) is 0 Å². The zero-order valence-electron chi connectivity index (χ0n) is 11.1. The highest BCUT2D eigenvalue weighted by Crippen LogP contribution is 2.16. The second kappa shape index (κ2) is 6.53. The number of halogens is 1. The minimum atomic E-state index is -0.0658. The third-order valence-electron chi connectivity index (χ3n) is 2.89. The molecule has 0 bridgehead atoms. The summed E-state index contributed by atoms with van der Waals surface area (Å²) in [4.78, 5) is 0. The smallest absolute Gasteiger partial charge is 0.0637 e. The molecule has 1 aromatic rings. The van der Waals surface area contributed by atoms with E-state index in [0.29, 0.717) is 6.04 Å². The predicted molar refractivity (Wildman–Crippen MR) is 76.1 cm³/mol.